The van der Waals surface area contributed by atoms with E-state index >= 15 is 0 Å². The average Bonchev–Trinajstić information content (AvgIpc) is 3.24. The van der Waals surface area contributed by atoms with Gasteiger partial charge >= 0.3 is 0 Å². The number of likely N-dealkylation sites (tertiary alicyclic amines) is 1. The summed E-state index contributed by atoms with van der Waals surface area (Å²) in [5, 5.41) is 8.03. The van der Waals surface area contributed by atoms with Gasteiger partial charge in [0.2, 0.25) is 10.0 Å². The Morgan fingerprint density at radius 3 is 2.32 bits per heavy atom. The van der Waals surface area contributed by atoms with Crippen LogP contribution < -0.4 is 10.2 Å². The van der Waals surface area contributed by atoms with Gasteiger partial charge in [0.15, 0.2) is 5.65 Å². The first-order chi connectivity index (χ1) is 16.1. The van der Waals surface area contributed by atoms with Gasteiger partial charge < -0.3 is 15.1 Å². The molecule has 10 heteroatoms. The number of anilines is 3. The smallest absolute Gasteiger partial charge is 0.242 e. The van der Waals surface area contributed by atoms with Gasteiger partial charge in [-0.25, -0.2) is 17.7 Å². The summed E-state index contributed by atoms with van der Waals surface area (Å²) in [4.78, 5) is 9.91. The molecule has 0 unspecified atom stereocenters. The predicted molar refractivity (Wildman–Crippen MR) is 137 cm³/mol. The Labute approximate surface area is 202 Å². The number of nitrogens with zero attached hydrogens (tertiary/aromatic N) is 6. The number of rotatable bonds is 7. The van der Waals surface area contributed by atoms with Crippen molar-refractivity contribution in [1.29, 1.82) is 0 Å². The third-order valence-electron chi connectivity index (χ3n) is 6.61. The molecule has 3 aromatic rings. The van der Waals surface area contributed by atoms with Crippen LogP contribution in [0.1, 0.15) is 38.2 Å². The second-order valence-corrected chi connectivity index (χ2v) is 11.7. The molecule has 0 radical (unpaired) electrons. The number of fused-ring (bicyclic) bond motifs is 1. The van der Waals surface area contributed by atoms with Crippen molar-refractivity contribution in [2.24, 2.45) is 0 Å². The summed E-state index contributed by atoms with van der Waals surface area (Å²) in [5.74, 6) is 1.98. The van der Waals surface area contributed by atoms with Crippen LogP contribution in [0.25, 0.3) is 5.65 Å². The summed E-state index contributed by atoms with van der Waals surface area (Å²) in [6.07, 6.45) is 4.08. The Hall–Kier alpha value is -2.69. The van der Waals surface area contributed by atoms with Crippen molar-refractivity contribution in [2.45, 2.75) is 43.5 Å². The second kappa shape index (κ2) is 9.52. The number of nitrogens with one attached hydrogen (secondary N) is 1. The summed E-state index contributed by atoms with van der Waals surface area (Å²) in [5.41, 5.74) is 2.70. The maximum absolute atomic E-state index is 12.4. The average molecular weight is 486 g/mol. The lowest BCUT2D eigenvalue weighted by molar-refractivity contribution is 0.252. The van der Waals surface area contributed by atoms with Gasteiger partial charge in [-0.2, -0.15) is 9.61 Å². The minimum atomic E-state index is -3.47. The first-order valence-corrected chi connectivity index (χ1v) is 13.1. The molecule has 1 fully saturated rings. The molecule has 0 atom stereocenters. The van der Waals surface area contributed by atoms with Gasteiger partial charge in [0, 0.05) is 44.5 Å². The van der Waals surface area contributed by atoms with Crippen LogP contribution in [0.2, 0.25) is 0 Å². The van der Waals surface area contributed by atoms with Crippen molar-refractivity contribution < 1.29 is 8.42 Å². The van der Waals surface area contributed by atoms with E-state index in [0.717, 1.165) is 54.5 Å². The molecular weight excluding hydrogens is 450 g/mol. The van der Waals surface area contributed by atoms with E-state index in [2.05, 4.69) is 48.2 Å². The zero-order valence-corrected chi connectivity index (χ0v) is 21.7. The second-order valence-electron chi connectivity index (χ2n) is 9.57. The fourth-order valence-electron chi connectivity index (χ4n) is 4.28. The zero-order chi connectivity index (χ0) is 24.6. The largest absolute Gasteiger partial charge is 0.356 e. The summed E-state index contributed by atoms with van der Waals surface area (Å²) < 4.78 is 27.9. The molecule has 3 heterocycles. The van der Waals surface area contributed by atoms with Crippen molar-refractivity contribution in [3.05, 3.63) is 42.1 Å². The van der Waals surface area contributed by atoms with Gasteiger partial charge in [-0.05, 0) is 63.2 Å². The molecule has 9 nitrogen and oxygen atoms in total. The molecule has 184 valence electrons. The molecular formula is C24H35N7O2S. The Bertz CT molecular complexity index is 1240. The first-order valence-electron chi connectivity index (χ1n) is 11.7. The van der Waals surface area contributed by atoms with Crippen molar-refractivity contribution in [3.63, 3.8) is 0 Å². The fraction of sp³-hybridized carbons (Fsp3) is 0.500. The molecule has 1 aliphatic rings. The molecule has 0 spiro atoms. The van der Waals surface area contributed by atoms with Crippen molar-refractivity contribution in [3.8, 4) is 0 Å². The van der Waals surface area contributed by atoms with Crippen LogP contribution in [0, 0.1) is 0 Å². The first kappa shape index (κ1) is 24.4. The monoisotopic (exact) mass is 485 g/mol. The van der Waals surface area contributed by atoms with E-state index in [0.29, 0.717) is 6.04 Å². The number of benzene rings is 1. The summed E-state index contributed by atoms with van der Waals surface area (Å²) in [6.45, 7) is 6.44. The molecule has 0 saturated carbocycles. The third-order valence-corrected chi connectivity index (χ3v) is 8.44. The van der Waals surface area contributed by atoms with Crippen LogP contribution >= 0.6 is 0 Å². The Morgan fingerprint density at radius 2 is 1.74 bits per heavy atom. The van der Waals surface area contributed by atoms with Crippen molar-refractivity contribution in [1.82, 2.24) is 23.8 Å². The molecule has 1 N–H and O–H groups in total. The SMILES string of the molecule is CC(C)c1cnn2c(Nc3ccc(S(=O)(=O)N(C)C)cc3)cc(N(C)C3CCN(C)CC3)nc12. The van der Waals surface area contributed by atoms with E-state index in [1.165, 1.54) is 18.4 Å². The molecule has 2 aromatic heterocycles. The van der Waals surface area contributed by atoms with E-state index in [4.69, 9.17) is 4.98 Å². The van der Waals surface area contributed by atoms with Crippen LogP contribution in [-0.4, -0.2) is 79.5 Å². The highest BCUT2D eigenvalue weighted by Crippen LogP contribution is 2.29. The van der Waals surface area contributed by atoms with Gasteiger partial charge in [-0.3, -0.25) is 0 Å². The Kier molecular flexibility index (Phi) is 6.84. The molecule has 34 heavy (non-hydrogen) atoms. The molecule has 1 saturated heterocycles. The van der Waals surface area contributed by atoms with E-state index in [9.17, 15) is 8.42 Å². The Morgan fingerprint density at radius 1 is 1.09 bits per heavy atom. The van der Waals surface area contributed by atoms with E-state index in [1.807, 2.05) is 16.8 Å². The van der Waals surface area contributed by atoms with E-state index in [-0.39, 0.29) is 10.8 Å². The normalized spacial score (nSPS) is 16.0. The molecule has 1 aliphatic heterocycles. The summed E-state index contributed by atoms with van der Waals surface area (Å²) in [6, 6.07) is 9.23. The fourth-order valence-corrected chi connectivity index (χ4v) is 5.18. The highest BCUT2D eigenvalue weighted by atomic mass is 32.2. The summed E-state index contributed by atoms with van der Waals surface area (Å²) >= 11 is 0. The maximum atomic E-state index is 12.4. The highest BCUT2D eigenvalue weighted by Gasteiger charge is 2.24. The number of piperidine rings is 1. The topological polar surface area (TPSA) is 86.1 Å². The van der Waals surface area contributed by atoms with Crippen LogP contribution in [0.15, 0.2) is 41.4 Å². The third kappa shape index (κ3) is 4.75. The van der Waals surface area contributed by atoms with Crippen LogP contribution in [0.3, 0.4) is 0 Å². The number of sulfonamides is 1. The highest BCUT2D eigenvalue weighted by molar-refractivity contribution is 7.89. The minimum Gasteiger partial charge on any atom is -0.356 e. The lowest BCUT2D eigenvalue weighted by atomic mass is 10.0. The van der Waals surface area contributed by atoms with E-state index in [1.54, 1.807) is 24.3 Å². The molecule has 0 amide bonds. The number of aromatic nitrogens is 3. The van der Waals surface area contributed by atoms with Crippen LogP contribution in [0.5, 0.6) is 0 Å². The Balaban J connectivity index is 1.70. The predicted octanol–water partition coefficient (Wildman–Crippen LogP) is 3.38. The van der Waals surface area contributed by atoms with Crippen molar-refractivity contribution >= 4 is 33.0 Å². The van der Waals surface area contributed by atoms with Crippen molar-refractivity contribution in [2.75, 3.05) is 51.5 Å². The minimum absolute atomic E-state index is 0.256. The van der Waals surface area contributed by atoms with Gasteiger partial charge in [0.05, 0.1) is 11.1 Å². The number of hydrogen-bond acceptors (Lipinski definition) is 7. The van der Waals surface area contributed by atoms with Gasteiger partial charge in [-0.1, -0.05) is 13.8 Å². The lowest BCUT2D eigenvalue weighted by Crippen LogP contribution is -2.42. The van der Waals surface area contributed by atoms with Crippen LogP contribution in [-0.2, 0) is 10.0 Å². The molecule has 0 bridgehead atoms. The maximum Gasteiger partial charge on any atom is 0.242 e. The van der Waals surface area contributed by atoms with Crippen LogP contribution in [0.4, 0.5) is 17.3 Å². The molecule has 4 rings (SSSR count). The van der Waals surface area contributed by atoms with E-state index < -0.39 is 10.0 Å². The van der Waals surface area contributed by atoms with Gasteiger partial charge in [-0.15, -0.1) is 0 Å². The zero-order valence-electron chi connectivity index (χ0n) is 20.9. The quantitative estimate of drug-likeness (QED) is 0.549. The summed E-state index contributed by atoms with van der Waals surface area (Å²) in [7, 11) is 3.87. The van der Waals surface area contributed by atoms with Gasteiger partial charge in [0.1, 0.15) is 11.6 Å². The molecule has 0 aliphatic carbocycles. The standard InChI is InChI=1S/C24H35N7O2S/c1-17(2)21-16-25-31-23(26-18-7-9-20(10-8-18)34(32,33)28(3)4)15-22(27-24(21)31)30(6)19-11-13-29(5)14-12-19/h7-10,15-17,19,26H,11-14H2,1-6H3. The molecule has 1 aromatic carbocycles. The lowest BCUT2D eigenvalue weighted by Gasteiger charge is -2.36. The number of hydrogen-bond donors (Lipinski definition) is 1. The van der Waals surface area contributed by atoms with Gasteiger partial charge in [0.25, 0.3) is 0 Å².